The number of aromatic nitrogens is 1. The lowest BCUT2D eigenvalue weighted by Crippen LogP contribution is -2.32. The minimum atomic E-state index is -0.792. The molecule has 1 aromatic carbocycles. The maximum Gasteiger partial charge on any atom is 0.200 e. The maximum atomic E-state index is 13.4. The summed E-state index contributed by atoms with van der Waals surface area (Å²) in [7, 11) is 3.85. The third kappa shape index (κ3) is 3.15. The third-order valence-corrected chi connectivity index (χ3v) is 5.47. The van der Waals surface area contributed by atoms with Crippen LogP contribution in [0.2, 0.25) is 0 Å². The first-order chi connectivity index (χ1) is 14.3. The van der Waals surface area contributed by atoms with Crippen LogP contribution in [0, 0.1) is 0 Å². The number of allylic oxidation sites excluding steroid dienone is 1. The van der Waals surface area contributed by atoms with Gasteiger partial charge in [0.1, 0.15) is 5.76 Å². The molecule has 4 rings (SSSR count). The SMILES string of the molecule is CN(C)CCC1C(=O)C2=C(O)C(c3cc(O)c(O)c(O)c3)=COC2c2cnccc21. The second-order valence-corrected chi connectivity index (χ2v) is 7.69. The quantitative estimate of drug-likeness (QED) is 0.568. The Labute approximate surface area is 173 Å². The smallest absolute Gasteiger partial charge is 0.200 e. The summed E-state index contributed by atoms with van der Waals surface area (Å²) in [6.45, 7) is 0.681. The fourth-order valence-corrected chi connectivity index (χ4v) is 3.93. The van der Waals surface area contributed by atoms with Gasteiger partial charge < -0.3 is 30.1 Å². The van der Waals surface area contributed by atoms with E-state index in [1.165, 1.54) is 18.4 Å². The highest BCUT2D eigenvalue weighted by Crippen LogP contribution is 2.48. The molecule has 2 unspecified atom stereocenters. The molecule has 2 aliphatic rings. The number of phenols is 3. The predicted molar refractivity (Wildman–Crippen MR) is 108 cm³/mol. The Kier molecular flexibility index (Phi) is 4.87. The molecule has 30 heavy (non-hydrogen) atoms. The summed E-state index contributed by atoms with van der Waals surface area (Å²) in [5, 5.41) is 40.2. The Morgan fingerprint density at radius 1 is 1.10 bits per heavy atom. The van der Waals surface area contributed by atoms with Crippen LogP contribution in [-0.2, 0) is 9.53 Å². The predicted octanol–water partition coefficient (Wildman–Crippen LogP) is 2.74. The number of hydrogen-bond donors (Lipinski definition) is 4. The largest absolute Gasteiger partial charge is 0.507 e. The molecule has 0 radical (unpaired) electrons. The number of rotatable bonds is 4. The molecule has 4 N–H and O–H groups in total. The summed E-state index contributed by atoms with van der Waals surface area (Å²) < 4.78 is 5.82. The number of ketones is 1. The molecule has 2 atom stereocenters. The normalized spacial score (nSPS) is 20.5. The first-order valence-corrected chi connectivity index (χ1v) is 9.46. The van der Waals surface area contributed by atoms with Crippen LogP contribution in [-0.4, -0.2) is 56.7 Å². The van der Waals surface area contributed by atoms with Crippen LogP contribution in [0.3, 0.4) is 0 Å². The second kappa shape index (κ2) is 7.38. The standard InChI is InChI=1S/C22H22N2O6/c1-24(2)6-4-13-12-3-5-23-9-14(12)22-18(19(13)27)20(28)15(10-30-22)11-7-16(25)21(29)17(26)8-11/h3,5,7-10,13,22,25-26,28-29H,4,6H2,1-2H3. The van der Waals surface area contributed by atoms with Gasteiger partial charge in [-0.05, 0) is 56.4 Å². The zero-order valence-electron chi connectivity index (χ0n) is 16.5. The van der Waals surface area contributed by atoms with E-state index in [-0.39, 0.29) is 28.3 Å². The Morgan fingerprint density at radius 2 is 1.80 bits per heavy atom. The first-order valence-electron chi connectivity index (χ1n) is 9.46. The monoisotopic (exact) mass is 410 g/mol. The van der Waals surface area contributed by atoms with Crippen molar-refractivity contribution in [1.29, 1.82) is 0 Å². The van der Waals surface area contributed by atoms with Crippen LogP contribution < -0.4 is 0 Å². The molecule has 1 aromatic heterocycles. The molecule has 156 valence electrons. The van der Waals surface area contributed by atoms with E-state index in [1.807, 2.05) is 19.0 Å². The van der Waals surface area contributed by atoms with Gasteiger partial charge in [-0.3, -0.25) is 9.78 Å². The molecule has 0 bridgehead atoms. The molecule has 8 nitrogen and oxygen atoms in total. The van der Waals surface area contributed by atoms with Crippen molar-refractivity contribution < 1.29 is 30.0 Å². The van der Waals surface area contributed by atoms with Gasteiger partial charge in [-0.1, -0.05) is 0 Å². The number of benzene rings is 1. The van der Waals surface area contributed by atoms with Gasteiger partial charge in [0, 0.05) is 23.9 Å². The van der Waals surface area contributed by atoms with Crippen LogP contribution >= 0.6 is 0 Å². The number of ether oxygens (including phenoxy) is 1. The highest BCUT2D eigenvalue weighted by atomic mass is 16.5. The zero-order chi connectivity index (χ0) is 21.6. The van der Waals surface area contributed by atoms with Crippen LogP contribution in [0.4, 0.5) is 0 Å². The average Bonchev–Trinajstić information content (AvgIpc) is 2.71. The second-order valence-electron chi connectivity index (χ2n) is 7.69. The maximum absolute atomic E-state index is 13.4. The van der Waals surface area contributed by atoms with Gasteiger partial charge in [0.15, 0.2) is 29.1 Å². The number of aromatic hydroxyl groups is 3. The fraction of sp³-hybridized carbons (Fsp3) is 0.273. The summed E-state index contributed by atoms with van der Waals surface area (Å²) in [5.41, 5.74) is 1.98. The zero-order valence-corrected chi connectivity index (χ0v) is 16.5. The van der Waals surface area contributed by atoms with E-state index < -0.39 is 29.3 Å². The highest BCUT2D eigenvalue weighted by Gasteiger charge is 2.43. The summed E-state index contributed by atoms with van der Waals surface area (Å²) in [4.78, 5) is 19.6. The van der Waals surface area contributed by atoms with Crippen molar-refractivity contribution in [3.8, 4) is 17.2 Å². The van der Waals surface area contributed by atoms with E-state index in [2.05, 4.69) is 4.98 Å². The molecule has 1 aliphatic heterocycles. The highest BCUT2D eigenvalue weighted by molar-refractivity contribution is 6.06. The first kappa shape index (κ1) is 19.8. The van der Waals surface area contributed by atoms with E-state index in [4.69, 9.17) is 4.74 Å². The lowest BCUT2D eigenvalue weighted by atomic mass is 9.74. The summed E-state index contributed by atoms with van der Waals surface area (Å²) in [6.07, 6.45) is 4.32. The number of pyridine rings is 1. The Morgan fingerprint density at radius 3 is 2.47 bits per heavy atom. The van der Waals surface area contributed by atoms with Gasteiger partial charge in [0.2, 0.25) is 0 Å². The molecule has 2 heterocycles. The van der Waals surface area contributed by atoms with E-state index in [1.54, 1.807) is 18.5 Å². The van der Waals surface area contributed by atoms with Gasteiger partial charge >= 0.3 is 0 Å². The van der Waals surface area contributed by atoms with Gasteiger partial charge in [0.05, 0.1) is 17.4 Å². The number of fused-ring (bicyclic) bond motifs is 3. The van der Waals surface area contributed by atoms with Gasteiger partial charge in [-0.15, -0.1) is 0 Å². The van der Waals surface area contributed by atoms with Crippen molar-refractivity contribution in [3.63, 3.8) is 0 Å². The lowest BCUT2D eigenvalue weighted by molar-refractivity contribution is -0.119. The number of Topliss-reactive ketones (excluding diaryl/α,β-unsaturated/α-hetero) is 1. The van der Waals surface area contributed by atoms with E-state index >= 15 is 0 Å². The van der Waals surface area contributed by atoms with Crippen LogP contribution in [0.15, 0.2) is 48.2 Å². The number of aliphatic hydroxyl groups excluding tert-OH is 1. The Hall–Kier alpha value is -3.52. The van der Waals surface area contributed by atoms with Crippen LogP contribution in [0.5, 0.6) is 17.2 Å². The number of hydrogen-bond acceptors (Lipinski definition) is 8. The minimum Gasteiger partial charge on any atom is -0.507 e. The summed E-state index contributed by atoms with van der Waals surface area (Å²) in [5.74, 6) is -2.76. The van der Waals surface area contributed by atoms with E-state index in [9.17, 15) is 25.2 Å². The molecule has 2 aromatic rings. The molecule has 0 fully saturated rings. The topological polar surface area (TPSA) is 123 Å². The van der Waals surface area contributed by atoms with Crippen molar-refractivity contribution >= 4 is 11.4 Å². The van der Waals surface area contributed by atoms with Gasteiger partial charge in [-0.25, -0.2) is 0 Å². The molecular weight excluding hydrogens is 388 g/mol. The summed E-state index contributed by atoms with van der Waals surface area (Å²) >= 11 is 0. The number of carbonyl (C=O) groups excluding carboxylic acids is 1. The molecule has 0 saturated heterocycles. The van der Waals surface area contributed by atoms with Crippen LogP contribution in [0.25, 0.3) is 5.57 Å². The number of phenolic OH excluding ortho intramolecular Hbond substituents is 3. The fourth-order valence-electron chi connectivity index (χ4n) is 3.93. The third-order valence-electron chi connectivity index (χ3n) is 5.47. The van der Waals surface area contributed by atoms with Gasteiger partial charge in [-0.2, -0.15) is 0 Å². The van der Waals surface area contributed by atoms with Crippen molar-refractivity contribution in [3.05, 3.63) is 64.9 Å². The Balaban J connectivity index is 1.81. The van der Waals surface area contributed by atoms with E-state index in [0.717, 1.165) is 5.56 Å². The van der Waals surface area contributed by atoms with Crippen molar-refractivity contribution in [1.82, 2.24) is 9.88 Å². The number of aliphatic hydroxyl groups is 1. The van der Waals surface area contributed by atoms with Crippen LogP contribution in [0.1, 0.15) is 35.1 Å². The Bertz CT molecular complexity index is 1070. The van der Waals surface area contributed by atoms with E-state index in [0.29, 0.717) is 18.5 Å². The van der Waals surface area contributed by atoms with Crippen molar-refractivity contribution in [2.45, 2.75) is 18.4 Å². The van der Waals surface area contributed by atoms with Crippen molar-refractivity contribution in [2.75, 3.05) is 20.6 Å². The lowest BCUT2D eigenvalue weighted by Gasteiger charge is -2.35. The molecule has 8 heteroatoms. The molecule has 0 amide bonds. The molecular formula is C22H22N2O6. The number of carbonyl (C=O) groups is 1. The number of nitrogens with zero attached hydrogens (tertiary/aromatic N) is 2. The minimum absolute atomic E-state index is 0.115. The van der Waals surface area contributed by atoms with Crippen molar-refractivity contribution in [2.24, 2.45) is 0 Å². The molecule has 0 saturated carbocycles. The average molecular weight is 410 g/mol. The summed E-state index contributed by atoms with van der Waals surface area (Å²) in [6, 6.07) is 4.15. The molecule has 1 aliphatic carbocycles. The van der Waals surface area contributed by atoms with Gasteiger partial charge in [0.25, 0.3) is 0 Å². The molecule has 0 spiro atoms.